The van der Waals surface area contributed by atoms with E-state index in [0.29, 0.717) is 0 Å². The predicted octanol–water partition coefficient (Wildman–Crippen LogP) is 3.87. The lowest BCUT2D eigenvalue weighted by Gasteiger charge is -1.92. The minimum absolute atomic E-state index is 0.911. The Morgan fingerprint density at radius 1 is 0.696 bits per heavy atom. The van der Waals surface area contributed by atoms with Crippen LogP contribution in [0.3, 0.4) is 0 Å². The topological polar surface area (TPSA) is 52.9 Å². The van der Waals surface area contributed by atoms with Crippen molar-refractivity contribution in [3.05, 3.63) is 83.1 Å². The summed E-state index contributed by atoms with van der Waals surface area (Å²) in [7, 11) is 0. The molecule has 3 aliphatic heterocycles. The fraction of sp³-hybridized carbons (Fsp3) is 0. The van der Waals surface area contributed by atoms with Crippen LogP contribution in [0.2, 0.25) is 0 Å². The number of aliphatic imine (C=N–C) groups is 3. The van der Waals surface area contributed by atoms with E-state index in [4.69, 9.17) is 0 Å². The lowest BCUT2D eigenvalue weighted by molar-refractivity contribution is 1.32. The van der Waals surface area contributed by atoms with E-state index in [-0.39, 0.29) is 0 Å². The van der Waals surface area contributed by atoms with E-state index in [1.807, 2.05) is 66.8 Å². The second kappa shape index (κ2) is 5.85. The zero-order valence-electron chi connectivity index (χ0n) is 12.3. The summed E-state index contributed by atoms with van der Waals surface area (Å²) in [5.41, 5.74) is 5.74. The van der Waals surface area contributed by atoms with Crippen LogP contribution in [0, 0.1) is 0 Å². The molecule has 0 unspecified atom stereocenters. The first-order valence-corrected chi connectivity index (χ1v) is 7.37. The number of aromatic nitrogens is 1. The molecule has 0 spiro atoms. The Bertz CT molecular complexity index is 881. The van der Waals surface area contributed by atoms with E-state index in [2.05, 4.69) is 20.0 Å². The van der Waals surface area contributed by atoms with Gasteiger partial charge in [0.2, 0.25) is 0 Å². The van der Waals surface area contributed by atoms with Crippen molar-refractivity contribution >= 4 is 30.3 Å². The molecule has 110 valence electrons. The Labute approximate surface area is 134 Å². The lowest BCUT2D eigenvalue weighted by atomic mass is 10.3. The van der Waals surface area contributed by atoms with Crippen LogP contribution in [0.25, 0.3) is 12.2 Å². The molecule has 4 rings (SSSR count). The average molecular weight is 298 g/mol. The fourth-order valence-electron chi connectivity index (χ4n) is 2.42. The summed E-state index contributed by atoms with van der Waals surface area (Å²) in [5, 5.41) is 0. The summed E-state index contributed by atoms with van der Waals surface area (Å²) < 4.78 is 0. The molecule has 4 nitrogen and oxygen atoms in total. The number of nitrogens with zero attached hydrogens (tertiary/aromatic N) is 3. The molecule has 4 heterocycles. The highest BCUT2D eigenvalue weighted by Gasteiger charge is 2.05. The summed E-state index contributed by atoms with van der Waals surface area (Å²) in [5.74, 6) is 0. The number of nitrogens with one attached hydrogen (secondary N) is 1. The molecule has 3 aliphatic rings. The maximum Gasteiger partial charge on any atom is 0.0659 e. The number of H-pyrrole nitrogens is 1. The van der Waals surface area contributed by atoms with Gasteiger partial charge in [0.1, 0.15) is 0 Å². The van der Waals surface area contributed by atoms with Gasteiger partial charge in [-0.05, 0) is 66.8 Å². The Kier molecular flexibility index (Phi) is 3.41. The van der Waals surface area contributed by atoms with E-state index >= 15 is 0 Å². The molecule has 0 saturated carbocycles. The van der Waals surface area contributed by atoms with Crippen molar-refractivity contribution in [2.45, 2.75) is 0 Å². The summed E-state index contributed by atoms with van der Waals surface area (Å²) in [6.07, 6.45) is 21.3. The molecular weight excluding hydrogens is 284 g/mol. The van der Waals surface area contributed by atoms with Gasteiger partial charge in [0.25, 0.3) is 0 Å². The minimum Gasteiger partial charge on any atom is -0.355 e. The molecule has 0 aromatic carbocycles. The second-order valence-corrected chi connectivity index (χ2v) is 5.22. The van der Waals surface area contributed by atoms with Crippen LogP contribution < -0.4 is 0 Å². The molecule has 1 N–H and O–H groups in total. The highest BCUT2D eigenvalue weighted by atomic mass is 14.8. The molecule has 0 atom stereocenters. The first-order chi connectivity index (χ1) is 11.3. The summed E-state index contributed by atoms with van der Waals surface area (Å²) in [6, 6.07) is 4.07. The third kappa shape index (κ3) is 3.16. The van der Waals surface area contributed by atoms with Crippen molar-refractivity contribution < 1.29 is 0 Å². The summed E-state index contributed by atoms with van der Waals surface area (Å²) >= 11 is 0. The zero-order valence-corrected chi connectivity index (χ0v) is 12.3. The van der Waals surface area contributed by atoms with Crippen LogP contribution in [0.5, 0.6) is 0 Å². The molecule has 0 saturated heterocycles. The summed E-state index contributed by atoms with van der Waals surface area (Å²) in [6.45, 7) is 0. The highest BCUT2D eigenvalue weighted by molar-refractivity contribution is 6.08. The number of rotatable bonds is 3. The van der Waals surface area contributed by atoms with Crippen molar-refractivity contribution in [3.8, 4) is 0 Å². The van der Waals surface area contributed by atoms with Crippen LogP contribution >= 0.6 is 0 Å². The smallest absolute Gasteiger partial charge is 0.0659 e. The van der Waals surface area contributed by atoms with E-state index in [9.17, 15) is 0 Å². The second-order valence-electron chi connectivity index (χ2n) is 5.22. The van der Waals surface area contributed by atoms with Gasteiger partial charge in [-0.15, -0.1) is 0 Å². The quantitative estimate of drug-likeness (QED) is 0.880. The molecule has 0 aliphatic carbocycles. The van der Waals surface area contributed by atoms with Crippen LogP contribution in [-0.2, 0) is 0 Å². The van der Waals surface area contributed by atoms with Gasteiger partial charge in [-0.3, -0.25) is 9.98 Å². The standard InChI is InChI=1S/C19H14N4/c1-3-14(20-9-1)11-16-5-7-18(22-16)13-19-8-6-17(23-19)12-15-4-2-10-21-15/h1-13,22H/b14-11+,15-12?,19-13?. The fourth-order valence-corrected chi connectivity index (χ4v) is 2.42. The van der Waals surface area contributed by atoms with Crippen molar-refractivity contribution in [2.75, 3.05) is 0 Å². The van der Waals surface area contributed by atoms with E-state index in [1.54, 1.807) is 12.4 Å². The minimum atomic E-state index is 0.911. The Morgan fingerprint density at radius 3 is 2.00 bits per heavy atom. The van der Waals surface area contributed by atoms with Gasteiger partial charge in [0.05, 0.1) is 22.8 Å². The lowest BCUT2D eigenvalue weighted by Crippen LogP contribution is -1.84. The van der Waals surface area contributed by atoms with Crippen molar-refractivity contribution in [1.29, 1.82) is 0 Å². The summed E-state index contributed by atoms with van der Waals surface area (Å²) in [4.78, 5) is 16.4. The van der Waals surface area contributed by atoms with Crippen LogP contribution in [0.1, 0.15) is 11.4 Å². The first kappa shape index (κ1) is 13.4. The Balaban J connectivity index is 1.52. The molecule has 0 radical (unpaired) electrons. The number of allylic oxidation sites excluding steroid dienone is 7. The molecule has 0 bridgehead atoms. The molecule has 1 aromatic heterocycles. The van der Waals surface area contributed by atoms with Gasteiger partial charge in [0, 0.05) is 23.8 Å². The van der Waals surface area contributed by atoms with E-state index in [1.165, 1.54) is 0 Å². The predicted molar refractivity (Wildman–Crippen MR) is 96.7 cm³/mol. The van der Waals surface area contributed by atoms with E-state index < -0.39 is 0 Å². The van der Waals surface area contributed by atoms with Gasteiger partial charge < -0.3 is 4.98 Å². The maximum absolute atomic E-state index is 4.57. The van der Waals surface area contributed by atoms with Gasteiger partial charge >= 0.3 is 0 Å². The Hall–Kier alpha value is -3.27. The van der Waals surface area contributed by atoms with Crippen molar-refractivity contribution in [1.82, 2.24) is 4.98 Å². The van der Waals surface area contributed by atoms with Crippen LogP contribution in [0.4, 0.5) is 0 Å². The monoisotopic (exact) mass is 298 g/mol. The van der Waals surface area contributed by atoms with Crippen molar-refractivity contribution in [3.63, 3.8) is 0 Å². The van der Waals surface area contributed by atoms with Gasteiger partial charge in [0.15, 0.2) is 0 Å². The molecule has 23 heavy (non-hydrogen) atoms. The molecule has 1 aromatic rings. The Morgan fingerprint density at radius 2 is 1.35 bits per heavy atom. The largest absolute Gasteiger partial charge is 0.355 e. The molecule has 4 heteroatoms. The first-order valence-electron chi connectivity index (χ1n) is 7.37. The van der Waals surface area contributed by atoms with Gasteiger partial charge in [-0.1, -0.05) is 0 Å². The highest BCUT2D eigenvalue weighted by Crippen LogP contribution is 2.17. The molecule has 0 fully saturated rings. The third-order valence-corrected chi connectivity index (χ3v) is 3.47. The van der Waals surface area contributed by atoms with Crippen LogP contribution in [-0.4, -0.2) is 23.1 Å². The van der Waals surface area contributed by atoms with Crippen molar-refractivity contribution in [2.24, 2.45) is 15.0 Å². The average Bonchev–Trinajstić information content (AvgIpc) is 3.31. The van der Waals surface area contributed by atoms with E-state index in [0.717, 1.165) is 34.2 Å². The third-order valence-electron chi connectivity index (χ3n) is 3.47. The zero-order chi connectivity index (χ0) is 15.5. The number of aromatic amines is 1. The normalized spacial score (nSPS) is 23.3. The maximum atomic E-state index is 4.57. The molecule has 0 amide bonds. The number of hydrogen-bond donors (Lipinski definition) is 1. The van der Waals surface area contributed by atoms with Crippen LogP contribution in [0.15, 0.2) is 86.7 Å². The number of hydrogen-bond acceptors (Lipinski definition) is 3. The SMILES string of the molecule is C1=CC(=CC2=NC(=Cc3ccc(/C=C4\C=CC=N4)[nH]3)C=C2)N=C1. The van der Waals surface area contributed by atoms with Gasteiger partial charge in [-0.25, -0.2) is 4.99 Å². The van der Waals surface area contributed by atoms with Gasteiger partial charge in [-0.2, -0.15) is 0 Å². The molecular formula is C19H14N4.